The van der Waals surface area contributed by atoms with Crippen molar-refractivity contribution in [1.82, 2.24) is 0 Å². The highest BCUT2D eigenvalue weighted by molar-refractivity contribution is 6.30. The smallest absolute Gasteiger partial charge is 0.0431 e. The van der Waals surface area contributed by atoms with Crippen LogP contribution in [0, 0.1) is 0 Å². The van der Waals surface area contributed by atoms with Crippen LogP contribution in [0.4, 0.5) is 0 Å². The molecule has 0 saturated heterocycles. The molecule has 0 aliphatic heterocycles. The van der Waals surface area contributed by atoms with Crippen LogP contribution in [0.25, 0.3) is 6.08 Å². The van der Waals surface area contributed by atoms with Crippen molar-refractivity contribution < 1.29 is 5.11 Å². The van der Waals surface area contributed by atoms with Gasteiger partial charge in [-0.05, 0) is 37.0 Å². The number of hydrogen-bond acceptors (Lipinski definition) is 1. The molecule has 0 aromatic heterocycles. The van der Waals surface area contributed by atoms with E-state index in [9.17, 15) is 0 Å². The molecule has 0 atom stereocenters. The van der Waals surface area contributed by atoms with Crippen LogP contribution < -0.4 is 0 Å². The molecule has 0 unspecified atom stereocenters. The first-order valence-corrected chi connectivity index (χ1v) is 5.23. The van der Waals surface area contributed by atoms with E-state index in [4.69, 9.17) is 16.7 Å². The van der Waals surface area contributed by atoms with Gasteiger partial charge in [0.05, 0.1) is 0 Å². The lowest BCUT2D eigenvalue weighted by atomic mass is 10.2. The Labute approximate surface area is 90.0 Å². The Hall–Kier alpha value is -0.790. The number of benzene rings is 1. The van der Waals surface area contributed by atoms with E-state index in [1.54, 1.807) is 0 Å². The number of aliphatic hydroxyl groups is 1. The fourth-order valence-electron chi connectivity index (χ4n) is 1.17. The first-order valence-electron chi connectivity index (χ1n) is 4.86. The molecule has 1 nitrogen and oxygen atoms in total. The molecule has 1 aromatic carbocycles. The third-order valence-electron chi connectivity index (χ3n) is 1.96. The van der Waals surface area contributed by atoms with Crippen LogP contribution in [0.3, 0.4) is 0 Å². The topological polar surface area (TPSA) is 20.2 Å². The van der Waals surface area contributed by atoms with E-state index in [1.807, 2.05) is 24.3 Å². The normalized spacial score (nSPS) is 11.0. The zero-order valence-electron chi connectivity index (χ0n) is 8.12. The second kappa shape index (κ2) is 6.63. The SMILES string of the molecule is OCCCC/C=C/c1ccc(Cl)cc1. The fourth-order valence-corrected chi connectivity index (χ4v) is 1.29. The van der Waals surface area contributed by atoms with Gasteiger partial charge >= 0.3 is 0 Å². The molecule has 0 heterocycles. The maximum Gasteiger partial charge on any atom is 0.0431 e. The summed E-state index contributed by atoms with van der Waals surface area (Å²) in [7, 11) is 0. The van der Waals surface area contributed by atoms with E-state index in [1.165, 1.54) is 5.56 Å². The summed E-state index contributed by atoms with van der Waals surface area (Å²) in [6, 6.07) is 7.75. The van der Waals surface area contributed by atoms with Crippen molar-refractivity contribution in [2.24, 2.45) is 0 Å². The molecule has 0 amide bonds. The molecule has 0 bridgehead atoms. The number of halogens is 1. The maximum atomic E-state index is 8.57. The number of allylic oxidation sites excluding steroid dienone is 1. The molecule has 1 aromatic rings. The Morgan fingerprint density at radius 2 is 1.86 bits per heavy atom. The van der Waals surface area contributed by atoms with Crippen LogP contribution in [-0.4, -0.2) is 11.7 Å². The van der Waals surface area contributed by atoms with Gasteiger partial charge in [-0.2, -0.15) is 0 Å². The van der Waals surface area contributed by atoms with E-state index in [2.05, 4.69) is 12.2 Å². The molecule has 14 heavy (non-hydrogen) atoms. The van der Waals surface area contributed by atoms with Crippen LogP contribution in [0.2, 0.25) is 5.02 Å². The first-order chi connectivity index (χ1) is 6.83. The lowest BCUT2D eigenvalue weighted by Gasteiger charge is -1.94. The molecule has 0 aliphatic rings. The van der Waals surface area contributed by atoms with Crippen molar-refractivity contribution in [1.29, 1.82) is 0 Å². The second-order valence-corrected chi connectivity index (χ2v) is 3.61. The molecule has 2 heteroatoms. The van der Waals surface area contributed by atoms with Gasteiger partial charge in [0.2, 0.25) is 0 Å². The van der Waals surface area contributed by atoms with Crippen molar-refractivity contribution in [2.75, 3.05) is 6.61 Å². The summed E-state index contributed by atoms with van der Waals surface area (Å²) in [5.41, 5.74) is 1.17. The summed E-state index contributed by atoms with van der Waals surface area (Å²) in [5.74, 6) is 0. The van der Waals surface area contributed by atoms with E-state index in [0.29, 0.717) is 0 Å². The third kappa shape index (κ3) is 4.45. The summed E-state index contributed by atoms with van der Waals surface area (Å²) in [5, 5.41) is 9.34. The number of aliphatic hydroxyl groups excluding tert-OH is 1. The Kier molecular flexibility index (Phi) is 5.35. The zero-order valence-corrected chi connectivity index (χ0v) is 8.87. The average Bonchev–Trinajstić information content (AvgIpc) is 2.21. The van der Waals surface area contributed by atoms with Crippen molar-refractivity contribution in [3.8, 4) is 0 Å². The Balaban J connectivity index is 2.33. The predicted molar refractivity (Wildman–Crippen MR) is 61.4 cm³/mol. The molecule has 0 saturated carbocycles. The number of rotatable bonds is 5. The van der Waals surface area contributed by atoms with Crippen molar-refractivity contribution in [3.05, 3.63) is 40.9 Å². The van der Waals surface area contributed by atoms with E-state index in [0.717, 1.165) is 24.3 Å². The minimum atomic E-state index is 0.286. The van der Waals surface area contributed by atoms with Crippen LogP contribution in [0.1, 0.15) is 24.8 Å². The standard InChI is InChI=1S/C12H15ClO/c13-12-8-6-11(7-9-12)5-3-1-2-4-10-14/h3,5-9,14H,1-2,4,10H2/b5-3+. The van der Waals surface area contributed by atoms with Gasteiger partial charge in [-0.25, -0.2) is 0 Å². The van der Waals surface area contributed by atoms with Gasteiger partial charge in [-0.3, -0.25) is 0 Å². The zero-order chi connectivity index (χ0) is 10.2. The fraction of sp³-hybridized carbons (Fsp3) is 0.333. The molecule has 1 rings (SSSR count). The van der Waals surface area contributed by atoms with Crippen molar-refractivity contribution in [3.63, 3.8) is 0 Å². The molecule has 0 spiro atoms. The van der Waals surface area contributed by atoms with Crippen LogP contribution in [-0.2, 0) is 0 Å². The Morgan fingerprint density at radius 3 is 2.50 bits per heavy atom. The third-order valence-corrected chi connectivity index (χ3v) is 2.21. The number of unbranched alkanes of at least 4 members (excludes halogenated alkanes) is 2. The highest BCUT2D eigenvalue weighted by atomic mass is 35.5. The van der Waals surface area contributed by atoms with Crippen LogP contribution in [0.5, 0.6) is 0 Å². The molecule has 0 aliphatic carbocycles. The molecule has 0 radical (unpaired) electrons. The lowest BCUT2D eigenvalue weighted by Crippen LogP contribution is -1.80. The molecular weight excluding hydrogens is 196 g/mol. The molecule has 76 valence electrons. The Morgan fingerprint density at radius 1 is 1.14 bits per heavy atom. The van der Waals surface area contributed by atoms with Gasteiger partial charge < -0.3 is 5.11 Å². The maximum absolute atomic E-state index is 8.57. The monoisotopic (exact) mass is 210 g/mol. The van der Waals surface area contributed by atoms with Gasteiger partial charge in [0.1, 0.15) is 0 Å². The summed E-state index contributed by atoms with van der Waals surface area (Å²) in [6.45, 7) is 0.286. The second-order valence-electron chi connectivity index (χ2n) is 3.17. The minimum Gasteiger partial charge on any atom is -0.396 e. The summed E-state index contributed by atoms with van der Waals surface area (Å²) in [6.07, 6.45) is 7.14. The van der Waals surface area contributed by atoms with Gasteiger partial charge in [0.25, 0.3) is 0 Å². The Bertz CT molecular complexity index is 277. The van der Waals surface area contributed by atoms with Crippen LogP contribution >= 0.6 is 11.6 Å². The van der Waals surface area contributed by atoms with E-state index >= 15 is 0 Å². The summed E-state index contributed by atoms with van der Waals surface area (Å²) < 4.78 is 0. The summed E-state index contributed by atoms with van der Waals surface area (Å²) in [4.78, 5) is 0. The van der Waals surface area contributed by atoms with E-state index in [-0.39, 0.29) is 6.61 Å². The van der Waals surface area contributed by atoms with Gasteiger partial charge in [-0.15, -0.1) is 0 Å². The highest BCUT2D eigenvalue weighted by Crippen LogP contribution is 2.11. The molecule has 1 N–H and O–H groups in total. The first kappa shape index (κ1) is 11.3. The quantitative estimate of drug-likeness (QED) is 0.738. The van der Waals surface area contributed by atoms with Gasteiger partial charge in [0, 0.05) is 11.6 Å². The van der Waals surface area contributed by atoms with E-state index < -0.39 is 0 Å². The average molecular weight is 211 g/mol. The van der Waals surface area contributed by atoms with Crippen molar-refractivity contribution >= 4 is 17.7 Å². The summed E-state index contributed by atoms with van der Waals surface area (Å²) >= 11 is 5.76. The molecular formula is C12H15ClO. The minimum absolute atomic E-state index is 0.286. The molecule has 0 fully saturated rings. The van der Waals surface area contributed by atoms with Crippen molar-refractivity contribution in [2.45, 2.75) is 19.3 Å². The lowest BCUT2D eigenvalue weighted by molar-refractivity contribution is 0.285. The van der Waals surface area contributed by atoms with Crippen LogP contribution in [0.15, 0.2) is 30.3 Å². The largest absolute Gasteiger partial charge is 0.396 e. The van der Waals surface area contributed by atoms with Gasteiger partial charge in [0.15, 0.2) is 0 Å². The predicted octanol–water partition coefficient (Wildman–Crippen LogP) is 3.52. The highest BCUT2D eigenvalue weighted by Gasteiger charge is 1.87. The number of hydrogen-bond donors (Lipinski definition) is 1. The van der Waals surface area contributed by atoms with Gasteiger partial charge in [-0.1, -0.05) is 35.9 Å².